The number of benzene rings is 1. The summed E-state index contributed by atoms with van der Waals surface area (Å²) in [5, 5.41) is 7.08. The first-order valence-electron chi connectivity index (χ1n) is 7.59. The molecule has 0 aliphatic carbocycles. The lowest BCUT2D eigenvalue weighted by molar-refractivity contribution is 0.119. The molecule has 2 aromatic heterocycles. The fourth-order valence-electron chi connectivity index (χ4n) is 2.33. The van der Waals surface area contributed by atoms with Gasteiger partial charge in [0.1, 0.15) is 11.1 Å². The number of aryl methyl sites for hydroxylation is 1. The molecule has 1 aromatic carbocycles. The minimum Gasteiger partial charge on any atom is -0.375 e. The van der Waals surface area contributed by atoms with Crippen LogP contribution in [-0.2, 0) is 17.6 Å². The van der Waals surface area contributed by atoms with Crippen LogP contribution in [0.15, 0.2) is 34.2 Å². The van der Waals surface area contributed by atoms with Gasteiger partial charge in [-0.05, 0) is 18.9 Å². The third kappa shape index (κ3) is 3.48. The highest BCUT2D eigenvalue weighted by atomic mass is 32.1. The Bertz CT molecular complexity index is 782. The number of ether oxygens (including phenoxy) is 1. The standard InChI is InChI=1S/C17H19N3O2S/c1-4-12-7-5-6-8-14(12)16-19-15(22-20-16)9-13-10-23-17(18-13)11(2)21-3/h5-8,10-11H,4,9H2,1-3H3. The first kappa shape index (κ1) is 15.8. The van der Waals surface area contributed by atoms with E-state index in [9.17, 15) is 0 Å². The molecule has 0 saturated carbocycles. The third-order valence-corrected chi connectivity index (χ3v) is 4.77. The van der Waals surface area contributed by atoms with Gasteiger partial charge in [-0.2, -0.15) is 4.98 Å². The summed E-state index contributed by atoms with van der Waals surface area (Å²) in [6.45, 7) is 4.10. The molecule has 0 aliphatic rings. The summed E-state index contributed by atoms with van der Waals surface area (Å²) in [5.41, 5.74) is 3.16. The van der Waals surface area contributed by atoms with Gasteiger partial charge in [0, 0.05) is 18.1 Å². The van der Waals surface area contributed by atoms with Crippen LogP contribution in [0.3, 0.4) is 0 Å². The minimum absolute atomic E-state index is 0.00317. The number of thiazole rings is 1. The molecule has 0 amide bonds. The Labute approximate surface area is 139 Å². The van der Waals surface area contributed by atoms with E-state index in [0.717, 1.165) is 22.7 Å². The Morgan fingerprint density at radius 1 is 1.26 bits per heavy atom. The van der Waals surface area contributed by atoms with Crippen LogP contribution < -0.4 is 0 Å². The molecule has 3 rings (SSSR count). The van der Waals surface area contributed by atoms with Gasteiger partial charge in [0.15, 0.2) is 0 Å². The molecule has 6 heteroatoms. The lowest BCUT2D eigenvalue weighted by atomic mass is 10.1. The SMILES string of the molecule is CCc1ccccc1-c1noc(Cc2csc(C(C)OC)n2)n1. The van der Waals surface area contributed by atoms with Gasteiger partial charge in [0.25, 0.3) is 0 Å². The second-order valence-corrected chi connectivity index (χ2v) is 6.14. The average molecular weight is 329 g/mol. The lowest BCUT2D eigenvalue weighted by Crippen LogP contribution is -1.96. The molecule has 0 saturated heterocycles. The predicted molar refractivity (Wildman–Crippen MR) is 89.5 cm³/mol. The van der Waals surface area contributed by atoms with Gasteiger partial charge in [-0.15, -0.1) is 11.3 Å². The summed E-state index contributed by atoms with van der Waals surface area (Å²) in [6.07, 6.45) is 1.47. The number of hydrogen-bond acceptors (Lipinski definition) is 6. The van der Waals surface area contributed by atoms with Crippen LogP contribution in [0.1, 0.15) is 42.1 Å². The molecule has 120 valence electrons. The van der Waals surface area contributed by atoms with Crippen molar-refractivity contribution in [1.29, 1.82) is 0 Å². The van der Waals surface area contributed by atoms with Crippen molar-refractivity contribution in [3.8, 4) is 11.4 Å². The topological polar surface area (TPSA) is 61.0 Å². The number of nitrogens with zero attached hydrogens (tertiary/aromatic N) is 3. The first-order valence-corrected chi connectivity index (χ1v) is 8.47. The highest BCUT2D eigenvalue weighted by Gasteiger charge is 2.14. The molecule has 0 spiro atoms. The molecule has 0 bridgehead atoms. The van der Waals surface area contributed by atoms with Crippen molar-refractivity contribution < 1.29 is 9.26 Å². The second-order valence-electron chi connectivity index (χ2n) is 5.25. The molecular formula is C17H19N3O2S. The zero-order chi connectivity index (χ0) is 16.2. The Morgan fingerprint density at radius 3 is 2.87 bits per heavy atom. The Hall–Kier alpha value is -2.05. The summed E-state index contributed by atoms with van der Waals surface area (Å²) in [7, 11) is 1.68. The number of methoxy groups -OCH3 is 1. The minimum atomic E-state index is 0.00317. The maximum atomic E-state index is 5.39. The van der Waals surface area contributed by atoms with E-state index in [1.807, 2.05) is 30.5 Å². The molecule has 3 aromatic rings. The van der Waals surface area contributed by atoms with Gasteiger partial charge in [-0.1, -0.05) is 36.3 Å². The predicted octanol–water partition coefficient (Wildman–Crippen LogP) is 4.05. The summed E-state index contributed by atoms with van der Waals surface area (Å²) >= 11 is 1.58. The summed E-state index contributed by atoms with van der Waals surface area (Å²) < 4.78 is 10.7. The van der Waals surface area contributed by atoms with Crippen LogP contribution in [0.25, 0.3) is 11.4 Å². The van der Waals surface area contributed by atoms with Crippen LogP contribution in [0, 0.1) is 0 Å². The highest BCUT2D eigenvalue weighted by Crippen LogP contribution is 2.24. The highest BCUT2D eigenvalue weighted by molar-refractivity contribution is 7.09. The summed E-state index contributed by atoms with van der Waals surface area (Å²) in [4.78, 5) is 9.07. The average Bonchev–Trinajstić information content (AvgIpc) is 3.24. The molecular weight excluding hydrogens is 310 g/mol. The van der Waals surface area contributed by atoms with E-state index in [1.54, 1.807) is 18.4 Å². The zero-order valence-electron chi connectivity index (χ0n) is 13.4. The Balaban J connectivity index is 1.78. The van der Waals surface area contributed by atoms with Gasteiger partial charge in [0.2, 0.25) is 11.7 Å². The van der Waals surface area contributed by atoms with Crippen LogP contribution in [0.5, 0.6) is 0 Å². The Kier molecular flexibility index (Phi) is 4.83. The molecule has 0 aliphatic heterocycles. The quantitative estimate of drug-likeness (QED) is 0.682. The van der Waals surface area contributed by atoms with E-state index in [-0.39, 0.29) is 6.10 Å². The van der Waals surface area contributed by atoms with E-state index in [1.165, 1.54) is 5.56 Å². The zero-order valence-corrected chi connectivity index (χ0v) is 14.3. The molecule has 1 unspecified atom stereocenters. The van der Waals surface area contributed by atoms with Crippen molar-refractivity contribution in [2.75, 3.05) is 7.11 Å². The molecule has 5 nitrogen and oxygen atoms in total. The van der Waals surface area contributed by atoms with Crippen LogP contribution in [0.2, 0.25) is 0 Å². The number of rotatable bonds is 6. The van der Waals surface area contributed by atoms with Gasteiger partial charge >= 0.3 is 0 Å². The fraction of sp³-hybridized carbons (Fsp3) is 0.353. The summed E-state index contributed by atoms with van der Waals surface area (Å²) in [6, 6.07) is 8.12. The van der Waals surface area contributed by atoms with Crippen molar-refractivity contribution in [2.45, 2.75) is 32.8 Å². The van der Waals surface area contributed by atoms with E-state index < -0.39 is 0 Å². The van der Waals surface area contributed by atoms with Gasteiger partial charge in [0.05, 0.1) is 12.1 Å². The molecule has 0 radical (unpaired) electrons. The fourth-order valence-corrected chi connectivity index (χ4v) is 3.18. The first-order chi connectivity index (χ1) is 11.2. The summed E-state index contributed by atoms with van der Waals surface area (Å²) in [5.74, 6) is 1.21. The van der Waals surface area contributed by atoms with Crippen LogP contribution >= 0.6 is 11.3 Å². The largest absolute Gasteiger partial charge is 0.375 e. The smallest absolute Gasteiger partial charge is 0.233 e. The number of aromatic nitrogens is 3. The second kappa shape index (κ2) is 7.02. The molecule has 23 heavy (non-hydrogen) atoms. The maximum Gasteiger partial charge on any atom is 0.233 e. The van der Waals surface area contributed by atoms with Gasteiger partial charge in [-0.25, -0.2) is 4.98 Å². The van der Waals surface area contributed by atoms with Crippen LogP contribution in [0.4, 0.5) is 0 Å². The molecule has 2 heterocycles. The molecule has 0 fully saturated rings. The van der Waals surface area contributed by atoms with E-state index in [0.29, 0.717) is 18.1 Å². The third-order valence-electron chi connectivity index (χ3n) is 3.71. The monoisotopic (exact) mass is 329 g/mol. The molecule has 1 atom stereocenters. The van der Waals surface area contributed by atoms with E-state index >= 15 is 0 Å². The van der Waals surface area contributed by atoms with Crippen LogP contribution in [-0.4, -0.2) is 22.2 Å². The van der Waals surface area contributed by atoms with E-state index in [2.05, 4.69) is 28.1 Å². The van der Waals surface area contributed by atoms with E-state index in [4.69, 9.17) is 9.26 Å². The van der Waals surface area contributed by atoms with Gasteiger partial charge < -0.3 is 9.26 Å². The number of hydrogen-bond donors (Lipinski definition) is 0. The van der Waals surface area contributed by atoms with Crippen molar-refractivity contribution >= 4 is 11.3 Å². The van der Waals surface area contributed by atoms with Crippen molar-refractivity contribution in [3.05, 3.63) is 51.8 Å². The van der Waals surface area contributed by atoms with Crippen molar-refractivity contribution in [3.63, 3.8) is 0 Å². The van der Waals surface area contributed by atoms with Crippen molar-refractivity contribution in [1.82, 2.24) is 15.1 Å². The lowest BCUT2D eigenvalue weighted by Gasteiger charge is -2.03. The maximum absolute atomic E-state index is 5.39. The normalized spacial score (nSPS) is 12.5. The Morgan fingerprint density at radius 2 is 2.09 bits per heavy atom. The molecule has 0 N–H and O–H groups in total. The van der Waals surface area contributed by atoms with Gasteiger partial charge in [-0.3, -0.25) is 0 Å². The van der Waals surface area contributed by atoms with Crippen molar-refractivity contribution in [2.24, 2.45) is 0 Å².